The van der Waals surface area contributed by atoms with Crippen LogP contribution in [0, 0.1) is 5.92 Å². The normalized spacial score (nSPS) is 28.2. The van der Waals surface area contributed by atoms with Crippen LogP contribution in [0.3, 0.4) is 0 Å². The molecule has 1 aromatic rings. The van der Waals surface area contributed by atoms with E-state index in [1.807, 2.05) is 0 Å². The maximum atomic E-state index is 8.36. The van der Waals surface area contributed by atoms with Gasteiger partial charge in [-0.15, -0.1) is 0 Å². The number of para-hydroxylation sites is 1. The summed E-state index contributed by atoms with van der Waals surface area (Å²) in [6.45, 7) is 3.57. The standard InChI is InChI=1S/C13H17BrN2.CH2O2/c14-11-3-1-2-4-12(11)15-13-9-16-7-5-10(13)6-8-16;2-1-3/h1-4,10,13,15H,5-9H2;1H,(H,2,3). The first-order chi connectivity index (χ1) is 9.24. The van der Waals surface area contributed by atoms with Crippen molar-refractivity contribution in [3.8, 4) is 0 Å². The second kappa shape index (κ2) is 6.91. The molecule has 0 saturated carbocycles. The fourth-order valence-electron chi connectivity index (χ4n) is 2.91. The van der Waals surface area contributed by atoms with Crippen LogP contribution < -0.4 is 5.32 Å². The monoisotopic (exact) mass is 326 g/mol. The summed E-state index contributed by atoms with van der Waals surface area (Å²) in [5.74, 6) is 0.872. The first kappa shape index (κ1) is 14.3. The first-order valence-corrected chi connectivity index (χ1v) is 7.35. The van der Waals surface area contributed by atoms with Crippen molar-refractivity contribution in [3.63, 3.8) is 0 Å². The fourth-order valence-corrected chi connectivity index (χ4v) is 3.31. The van der Waals surface area contributed by atoms with Crippen molar-refractivity contribution >= 4 is 28.1 Å². The Morgan fingerprint density at radius 1 is 1.32 bits per heavy atom. The van der Waals surface area contributed by atoms with Crippen molar-refractivity contribution in [2.45, 2.75) is 18.9 Å². The van der Waals surface area contributed by atoms with Crippen LogP contribution in [-0.2, 0) is 4.79 Å². The van der Waals surface area contributed by atoms with E-state index in [2.05, 4.69) is 50.4 Å². The lowest BCUT2D eigenvalue weighted by molar-refractivity contribution is -0.122. The molecular weight excluding hydrogens is 308 g/mol. The van der Waals surface area contributed by atoms with E-state index in [-0.39, 0.29) is 6.47 Å². The number of fused-ring (bicyclic) bond motifs is 3. The molecule has 104 valence electrons. The zero-order valence-corrected chi connectivity index (χ0v) is 12.3. The number of hydrogen-bond acceptors (Lipinski definition) is 3. The Morgan fingerprint density at radius 2 is 1.95 bits per heavy atom. The van der Waals surface area contributed by atoms with Crippen LogP contribution in [0.5, 0.6) is 0 Å². The Kier molecular flexibility index (Phi) is 5.22. The molecular formula is C14H19BrN2O2. The highest BCUT2D eigenvalue weighted by molar-refractivity contribution is 9.10. The average Bonchev–Trinajstić information content (AvgIpc) is 2.44. The van der Waals surface area contributed by atoms with Gasteiger partial charge in [0, 0.05) is 22.7 Å². The molecule has 3 aliphatic rings. The van der Waals surface area contributed by atoms with E-state index in [1.54, 1.807) is 0 Å². The maximum absolute atomic E-state index is 8.36. The summed E-state index contributed by atoms with van der Waals surface area (Å²) in [4.78, 5) is 10.9. The van der Waals surface area contributed by atoms with Crippen LogP contribution in [0.15, 0.2) is 28.7 Å². The lowest BCUT2D eigenvalue weighted by Gasteiger charge is -2.45. The minimum Gasteiger partial charge on any atom is -0.483 e. The van der Waals surface area contributed by atoms with Gasteiger partial charge in [0.2, 0.25) is 0 Å². The maximum Gasteiger partial charge on any atom is 0.290 e. The third-order valence-corrected chi connectivity index (χ3v) is 4.56. The Labute approximate surface area is 121 Å². The average molecular weight is 327 g/mol. The molecule has 0 amide bonds. The number of halogens is 1. The third-order valence-electron chi connectivity index (χ3n) is 3.87. The van der Waals surface area contributed by atoms with Crippen LogP contribution in [0.2, 0.25) is 0 Å². The van der Waals surface area contributed by atoms with Crippen molar-refractivity contribution in [1.29, 1.82) is 0 Å². The number of piperidine rings is 3. The minimum absolute atomic E-state index is 0.250. The molecule has 4 rings (SSSR count). The highest BCUT2D eigenvalue weighted by Gasteiger charge is 2.33. The summed E-state index contributed by atoms with van der Waals surface area (Å²) in [5.41, 5.74) is 1.24. The quantitative estimate of drug-likeness (QED) is 0.820. The lowest BCUT2D eigenvalue weighted by Crippen LogP contribution is -2.53. The Balaban J connectivity index is 0.000000408. The van der Waals surface area contributed by atoms with E-state index >= 15 is 0 Å². The van der Waals surface area contributed by atoms with Crippen LogP contribution in [-0.4, -0.2) is 42.2 Å². The summed E-state index contributed by atoms with van der Waals surface area (Å²) in [6, 6.07) is 9.05. The van der Waals surface area contributed by atoms with Gasteiger partial charge in [-0.2, -0.15) is 0 Å². The molecule has 0 aromatic heterocycles. The molecule has 3 aliphatic heterocycles. The molecule has 4 nitrogen and oxygen atoms in total. The number of hydrogen-bond donors (Lipinski definition) is 2. The SMILES string of the molecule is Brc1ccccc1NC1CN2CCC1CC2.O=CO. The number of benzene rings is 1. The van der Waals surface area contributed by atoms with Gasteiger partial charge in [0.15, 0.2) is 0 Å². The molecule has 1 aromatic carbocycles. The van der Waals surface area contributed by atoms with E-state index in [1.165, 1.54) is 42.6 Å². The van der Waals surface area contributed by atoms with Gasteiger partial charge < -0.3 is 15.3 Å². The number of nitrogens with one attached hydrogen (secondary N) is 1. The van der Waals surface area contributed by atoms with Gasteiger partial charge in [0.25, 0.3) is 6.47 Å². The number of rotatable bonds is 2. The van der Waals surface area contributed by atoms with Crippen molar-refractivity contribution < 1.29 is 9.90 Å². The third kappa shape index (κ3) is 3.70. The van der Waals surface area contributed by atoms with E-state index in [9.17, 15) is 0 Å². The molecule has 0 spiro atoms. The summed E-state index contributed by atoms with van der Waals surface area (Å²) in [6.07, 6.45) is 2.73. The highest BCUT2D eigenvalue weighted by atomic mass is 79.9. The smallest absolute Gasteiger partial charge is 0.290 e. The lowest BCUT2D eigenvalue weighted by atomic mass is 9.84. The molecule has 2 bridgehead atoms. The molecule has 3 fully saturated rings. The van der Waals surface area contributed by atoms with Gasteiger partial charge in [-0.1, -0.05) is 12.1 Å². The summed E-state index contributed by atoms with van der Waals surface area (Å²) < 4.78 is 1.17. The molecule has 3 heterocycles. The molecule has 1 atom stereocenters. The van der Waals surface area contributed by atoms with Gasteiger partial charge in [0.1, 0.15) is 0 Å². The molecule has 3 saturated heterocycles. The van der Waals surface area contributed by atoms with Crippen LogP contribution in [0.1, 0.15) is 12.8 Å². The summed E-state index contributed by atoms with van der Waals surface area (Å²) in [7, 11) is 0. The van der Waals surface area contributed by atoms with Crippen LogP contribution in [0.25, 0.3) is 0 Å². The fraction of sp³-hybridized carbons (Fsp3) is 0.500. The van der Waals surface area contributed by atoms with Crippen molar-refractivity contribution in [2.24, 2.45) is 5.92 Å². The number of nitrogens with zero attached hydrogens (tertiary/aromatic N) is 1. The van der Waals surface area contributed by atoms with Gasteiger partial charge in [-0.25, -0.2) is 0 Å². The molecule has 0 aliphatic carbocycles. The first-order valence-electron chi connectivity index (χ1n) is 6.56. The minimum atomic E-state index is -0.250. The topological polar surface area (TPSA) is 52.6 Å². The van der Waals surface area contributed by atoms with E-state index in [4.69, 9.17) is 9.90 Å². The molecule has 2 N–H and O–H groups in total. The summed E-state index contributed by atoms with van der Waals surface area (Å²) >= 11 is 3.60. The van der Waals surface area contributed by atoms with Gasteiger partial charge >= 0.3 is 0 Å². The van der Waals surface area contributed by atoms with Gasteiger partial charge in [-0.3, -0.25) is 4.79 Å². The largest absolute Gasteiger partial charge is 0.483 e. The van der Waals surface area contributed by atoms with Crippen molar-refractivity contribution in [1.82, 2.24) is 4.90 Å². The van der Waals surface area contributed by atoms with Crippen LogP contribution >= 0.6 is 15.9 Å². The molecule has 19 heavy (non-hydrogen) atoms. The second-order valence-electron chi connectivity index (χ2n) is 4.97. The van der Waals surface area contributed by atoms with Crippen LogP contribution in [0.4, 0.5) is 5.69 Å². The van der Waals surface area contributed by atoms with E-state index < -0.39 is 0 Å². The van der Waals surface area contributed by atoms with Crippen molar-refractivity contribution in [2.75, 3.05) is 25.0 Å². The number of carbonyl (C=O) groups is 1. The van der Waals surface area contributed by atoms with E-state index in [0.29, 0.717) is 6.04 Å². The predicted octanol–water partition coefficient (Wildman–Crippen LogP) is 2.66. The molecule has 0 radical (unpaired) electrons. The Morgan fingerprint density at radius 3 is 2.47 bits per heavy atom. The molecule has 5 heteroatoms. The van der Waals surface area contributed by atoms with E-state index in [0.717, 1.165) is 5.92 Å². The summed E-state index contributed by atoms with van der Waals surface area (Å²) in [5, 5.41) is 10.6. The Hall–Kier alpha value is -1.07. The second-order valence-corrected chi connectivity index (χ2v) is 5.83. The van der Waals surface area contributed by atoms with Crippen molar-refractivity contribution in [3.05, 3.63) is 28.7 Å². The highest BCUT2D eigenvalue weighted by Crippen LogP contribution is 2.31. The zero-order valence-electron chi connectivity index (χ0n) is 10.8. The molecule has 1 unspecified atom stereocenters. The Bertz CT molecular complexity index is 420. The predicted molar refractivity (Wildman–Crippen MR) is 79.4 cm³/mol. The number of anilines is 1. The number of carboxylic acid groups (broad SMARTS) is 1. The van der Waals surface area contributed by atoms with Gasteiger partial charge in [0.05, 0.1) is 0 Å². The van der Waals surface area contributed by atoms with Gasteiger partial charge in [-0.05, 0) is 59.9 Å². The zero-order chi connectivity index (χ0) is 13.7.